The lowest BCUT2D eigenvalue weighted by Crippen LogP contribution is -2.46. The van der Waals surface area contributed by atoms with E-state index in [0.29, 0.717) is 0 Å². The third kappa shape index (κ3) is 4.32. The van der Waals surface area contributed by atoms with Gasteiger partial charge in [-0.25, -0.2) is 0 Å². The van der Waals surface area contributed by atoms with E-state index < -0.39 is 5.60 Å². The molecule has 1 saturated heterocycles. The van der Waals surface area contributed by atoms with E-state index in [1.165, 1.54) is 0 Å². The molecule has 0 spiro atoms. The Morgan fingerprint density at radius 2 is 1.80 bits per heavy atom. The van der Waals surface area contributed by atoms with Crippen LogP contribution in [0.4, 0.5) is 0 Å². The van der Waals surface area contributed by atoms with Gasteiger partial charge in [0.25, 0.3) is 5.91 Å². The van der Waals surface area contributed by atoms with Crippen LogP contribution in [-0.4, -0.2) is 59.6 Å². The van der Waals surface area contributed by atoms with Crippen LogP contribution >= 0.6 is 0 Å². The monoisotopic (exact) mass is 210 g/mol. The third-order valence-electron chi connectivity index (χ3n) is 2.27. The number of hydrogen-bond acceptors (Lipinski definition) is 3. The second-order valence-corrected chi connectivity index (χ2v) is 4.40. The van der Waals surface area contributed by atoms with Gasteiger partial charge in [0, 0.05) is 26.2 Å². The van der Waals surface area contributed by atoms with E-state index in [9.17, 15) is 9.90 Å². The van der Waals surface area contributed by atoms with Gasteiger partial charge in [-0.15, -0.1) is 0 Å². The molecule has 4 heteroatoms. The van der Waals surface area contributed by atoms with Crippen molar-refractivity contribution in [2.24, 2.45) is 0 Å². The van der Waals surface area contributed by atoms with Gasteiger partial charge in [0.2, 0.25) is 0 Å². The second kappa shape index (κ2) is 4.65. The Morgan fingerprint density at radius 1 is 1.27 bits per heavy atom. The number of likely N-dealkylation sites (N-methyl/N-ethyl adjacent to an activating group) is 1. The predicted molar refractivity (Wildman–Crippen MR) is 58.2 cm³/mol. The molecule has 1 aliphatic heterocycles. The van der Waals surface area contributed by atoms with Gasteiger partial charge >= 0.3 is 0 Å². The van der Waals surface area contributed by atoms with Crippen LogP contribution in [0.2, 0.25) is 0 Å². The van der Waals surface area contributed by atoms with E-state index in [1.807, 2.05) is 7.05 Å². The molecule has 84 valence electrons. The summed E-state index contributed by atoms with van der Waals surface area (Å²) in [5.74, 6) is 4.82. The zero-order chi connectivity index (χ0) is 11.5. The Kier molecular flexibility index (Phi) is 3.72. The van der Waals surface area contributed by atoms with Crippen LogP contribution in [0, 0.1) is 11.8 Å². The Balaban J connectivity index is 2.50. The summed E-state index contributed by atoms with van der Waals surface area (Å²) in [6.07, 6.45) is 0. The molecule has 1 fully saturated rings. The molecule has 0 radical (unpaired) electrons. The van der Waals surface area contributed by atoms with Crippen molar-refractivity contribution >= 4 is 5.91 Å². The van der Waals surface area contributed by atoms with Gasteiger partial charge in [0.05, 0.1) is 0 Å². The first-order chi connectivity index (χ1) is 6.88. The molecule has 0 bridgehead atoms. The summed E-state index contributed by atoms with van der Waals surface area (Å²) in [4.78, 5) is 15.5. The standard InChI is InChI=1S/C11H18N2O2/c1-11(2,15)5-4-10(14)13-8-6-12(3)7-9-13/h15H,6-9H2,1-3H3. The molecule has 1 aliphatic rings. The number of carbonyl (C=O) groups is 1. The molecular weight excluding hydrogens is 192 g/mol. The van der Waals surface area contributed by atoms with Gasteiger partial charge in [-0.2, -0.15) is 0 Å². The Morgan fingerprint density at radius 3 is 2.27 bits per heavy atom. The zero-order valence-electron chi connectivity index (χ0n) is 9.58. The lowest BCUT2D eigenvalue weighted by Gasteiger charge is -2.31. The Bertz CT molecular complexity index is 288. The largest absolute Gasteiger partial charge is 0.378 e. The molecule has 1 amide bonds. The first-order valence-electron chi connectivity index (χ1n) is 5.11. The maximum atomic E-state index is 11.6. The van der Waals surface area contributed by atoms with Crippen molar-refractivity contribution in [3.8, 4) is 11.8 Å². The maximum Gasteiger partial charge on any atom is 0.298 e. The van der Waals surface area contributed by atoms with E-state index in [2.05, 4.69) is 16.7 Å². The van der Waals surface area contributed by atoms with Crippen molar-refractivity contribution in [1.82, 2.24) is 9.80 Å². The average molecular weight is 210 g/mol. The van der Waals surface area contributed by atoms with Crippen molar-refractivity contribution in [1.29, 1.82) is 0 Å². The fourth-order valence-electron chi connectivity index (χ4n) is 1.30. The van der Waals surface area contributed by atoms with Crippen LogP contribution in [0.1, 0.15) is 13.8 Å². The van der Waals surface area contributed by atoms with Gasteiger partial charge in [-0.1, -0.05) is 5.92 Å². The van der Waals surface area contributed by atoms with Crippen LogP contribution in [0.25, 0.3) is 0 Å². The highest BCUT2D eigenvalue weighted by atomic mass is 16.3. The van der Waals surface area contributed by atoms with Crippen LogP contribution in [0.15, 0.2) is 0 Å². The van der Waals surface area contributed by atoms with Crippen molar-refractivity contribution in [3.05, 3.63) is 0 Å². The minimum atomic E-state index is -1.10. The minimum Gasteiger partial charge on any atom is -0.378 e. The van der Waals surface area contributed by atoms with E-state index in [0.717, 1.165) is 26.2 Å². The van der Waals surface area contributed by atoms with Crippen LogP contribution in [0.5, 0.6) is 0 Å². The summed E-state index contributed by atoms with van der Waals surface area (Å²) in [6, 6.07) is 0. The van der Waals surface area contributed by atoms with Gasteiger partial charge in [0.1, 0.15) is 5.60 Å². The molecule has 0 saturated carbocycles. The van der Waals surface area contributed by atoms with Crippen LogP contribution < -0.4 is 0 Å². The lowest BCUT2D eigenvalue weighted by molar-refractivity contribution is -0.126. The molecule has 4 nitrogen and oxygen atoms in total. The van der Waals surface area contributed by atoms with Crippen LogP contribution in [0.3, 0.4) is 0 Å². The molecule has 0 aromatic rings. The molecule has 1 N–H and O–H groups in total. The molecule has 1 heterocycles. The van der Waals surface area contributed by atoms with E-state index in [4.69, 9.17) is 0 Å². The smallest absolute Gasteiger partial charge is 0.298 e. The predicted octanol–water partition coefficient (Wildman–Crippen LogP) is -0.465. The quantitative estimate of drug-likeness (QED) is 0.550. The van der Waals surface area contributed by atoms with Crippen LogP contribution in [-0.2, 0) is 4.79 Å². The van der Waals surface area contributed by atoms with Crippen molar-refractivity contribution < 1.29 is 9.90 Å². The Labute approximate surface area is 90.9 Å². The number of aliphatic hydroxyl groups is 1. The summed E-state index contributed by atoms with van der Waals surface area (Å²) in [5, 5.41) is 9.35. The number of hydrogen-bond donors (Lipinski definition) is 1. The Hall–Kier alpha value is -1.05. The minimum absolute atomic E-state index is 0.190. The molecule has 0 unspecified atom stereocenters. The topological polar surface area (TPSA) is 43.8 Å². The fourth-order valence-corrected chi connectivity index (χ4v) is 1.30. The number of nitrogens with zero attached hydrogens (tertiary/aromatic N) is 2. The maximum absolute atomic E-state index is 11.6. The first kappa shape index (κ1) is 12.0. The van der Waals surface area contributed by atoms with Gasteiger partial charge in [0.15, 0.2) is 0 Å². The third-order valence-corrected chi connectivity index (χ3v) is 2.27. The molecule has 0 aromatic carbocycles. The number of carbonyl (C=O) groups excluding carboxylic acids is 1. The highest BCUT2D eigenvalue weighted by Crippen LogP contribution is 2.00. The average Bonchev–Trinajstić information content (AvgIpc) is 2.14. The highest BCUT2D eigenvalue weighted by molar-refractivity contribution is 5.93. The molecule has 0 atom stereocenters. The van der Waals surface area contributed by atoms with E-state index >= 15 is 0 Å². The van der Waals surface area contributed by atoms with E-state index in [-0.39, 0.29) is 5.91 Å². The highest BCUT2D eigenvalue weighted by Gasteiger charge is 2.17. The summed E-state index contributed by atoms with van der Waals surface area (Å²) in [6.45, 7) is 6.34. The van der Waals surface area contributed by atoms with Crippen molar-refractivity contribution in [2.45, 2.75) is 19.4 Å². The zero-order valence-corrected chi connectivity index (χ0v) is 9.58. The molecular formula is C11H18N2O2. The van der Waals surface area contributed by atoms with E-state index in [1.54, 1.807) is 18.7 Å². The molecule has 0 aliphatic carbocycles. The van der Waals surface area contributed by atoms with Gasteiger partial charge in [-0.3, -0.25) is 4.79 Å². The summed E-state index contributed by atoms with van der Waals surface area (Å²) >= 11 is 0. The number of piperazine rings is 1. The first-order valence-corrected chi connectivity index (χ1v) is 5.11. The SMILES string of the molecule is CN1CCN(C(=O)C#CC(C)(C)O)CC1. The summed E-state index contributed by atoms with van der Waals surface area (Å²) in [7, 11) is 2.03. The summed E-state index contributed by atoms with van der Waals surface area (Å²) < 4.78 is 0. The molecule has 0 aromatic heterocycles. The van der Waals surface area contributed by atoms with Gasteiger partial charge in [-0.05, 0) is 26.8 Å². The molecule has 15 heavy (non-hydrogen) atoms. The number of rotatable bonds is 0. The van der Waals surface area contributed by atoms with Crippen molar-refractivity contribution in [3.63, 3.8) is 0 Å². The number of amides is 1. The lowest BCUT2D eigenvalue weighted by atomic mass is 10.1. The fraction of sp³-hybridized carbons (Fsp3) is 0.727. The van der Waals surface area contributed by atoms with Gasteiger partial charge < -0.3 is 14.9 Å². The van der Waals surface area contributed by atoms with Crippen molar-refractivity contribution in [2.75, 3.05) is 33.2 Å². The normalized spacial score (nSPS) is 18.3. The molecule has 1 rings (SSSR count). The summed E-state index contributed by atoms with van der Waals surface area (Å²) in [5.41, 5.74) is -1.10. The second-order valence-electron chi connectivity index (χ2n) is 4.40.